The van der Waals surface area contributed by atoms with Crippen molar-refractivity contribution in [2.24, 2.45) is 5.92 Å². The Kier molecular flexibility index (Phi) is 5.65. The van der Waals surface area contributed by atoms with Gasteiger partial charge < -0.3 is 15.7 Å². The monoisotopic (exact) mass is 250 g/mol. The van der Waals surface area contributed by atoms with E-state index in [1.165, 1.54) is 0 Å². The highest BCUT2D eigenvalue weighted by Gasteiger charge is 2.08. The van der Waals surface area contributed by atoms with Gasteiger partial charge in [-0.05, 0) is 30.5 Å². The van der Waals surface area contributed by atoms with Gasteiger partial charge in [0, 0.05) is 12.6 Å². The average Bonchev–Trinajstić information content (AvgIpc) is 2.33. The molecule has 3 N–H and O–H groups in total. The number of benzene rings is 1. The fraction of sp³-hybridized carbons (Fsp3) is 0.500. The maximum absolute atomic E-state index is 11.5. The molecule has 0 saturated carbocycles. The van der Waals surface area contributed by atoms with Gasteiger partial charge in [-0.2, -0.15) is 0 Å². The van der Waals surface area contributed by atoms with E-state index in [1.807, 2.05) is 13.0 Å². The van der Waals surface area contributed by atoms with Gasteiger partial charge in [0.05, 0.1) is 6.54 Å². The minimum Gasteiger partial charge on any atom is -0.508 e. The van der Waals surface area contributed by atoms with Crippen LogP contribution in [0.3, 0.4) is 0 Å². The molecule has 1 aromatic carbocycles. The molecular formula is C14H22N2O2. The number of hydrogen-bond donors (Lipinski definition) is 3. The molecule has 1 amide bonds. The third-order valence-electron chi connectivity index (χ3n) is 2.65. The first-order valence-electron chi connectivity index (χ1n) is 6.28. The molecule has 0 fully saturated rings. The molecule has 0 radical (unpaired) electrons. The summed E-state index contributed by atoms with van der Waals surface area (Å²) in [5, 5.41) is 15.4. The van der Waals surface area contributed by atoms with Crippen LogP contribution in [0.5, 0.6) is 5.75 Å². The Morgan fingerprint density at radius 3 is 2.67 bits per heavy atom. The molecule has 0 aliphatic heterocycles. The van der Waals surface area contributed by atoms with Gasteiger partial charge in [-0.1, -0.05) is 26.0 Å². The molecule has 0 saturated heterocycles. The fourth-order valence-corrected chi connectivity index (χ4v) is 1.54. The maximum atomic E-state index is 11.5. The van der Waals surface area contributed by atoms with E-state index in [2.05, 4.69) is 24.5 Å². The van der Waals surface area contributed by atoms with Gasteiger partial charge in [0.1, 0.15) is 5.75 Å². The molecule has 0 bridgehead atoms. The van der Waals surface area contributed by atoms with E-state index in [1.54, 1.807) is 18.2 Å². The first kappa shape index (κ1) is 14.5. The normalized spacial score (nSPS) is 12.4. The zero-order chi connectivity index (χ0) is 13.5. The Balaban J connectivity index is 2.37. The SMILES string of the molecule is CC(C)CNC(=O)CNC(C)c1cccc(O)c1. The molecule has 4 nitrogen and oxygen atoms in total. The second-order valence-electron chi connectivity index (χ2n) is 4.90. The summed E-state index contributed by atoms with van der Waals surface area (Å²) in [4.78, 5) is 11.5. The molecular weight excluding hydrogens is 228 g/mol. The Hall–Kier alpha value is -1.55. The fourth-order valence-electron chi connectivity index (χ4n) is 1.54. The summed E-state index contributed by atoms with van der Waals surface area (Å²) in [6.07, 6.45) is 0. The topological polar surface area (TPSA) is 61.4 Å². The van der Waals surface area contributed by atoms with Crippen LogP contribution < -0.4 is 10.6 Å². The Morgan fingerprint density at radius 1 is 1.33 bits per heavy atom. The van der Waals surface area contributed by atoms with Gasteiger partial charge in [0.15, 0.2) is 0 Å². The van der Waals surface area contributed by atoms with Gasteiger partial charge in [-0.15, -0.1) is 0 Å². The smallest absolute Gasteiger partial charge is 0.233 e. The zero-order valence-corrected chi connectivity index (χ0v) is 11.2. The summed E-state index contributed by atoms with van der Waals surface area (Å²) in [7, 11) is 0. The van der Waals surface area contributed by atoms with E-state index in [0.29, 0.717) is 12.5 Å². The van der Waals surface area contributed by atoms with E-state index in [9.17, 15) is 9.90 Å². The molecule has 18 heavy (non-hydrogen) atoms. The summed E-state index contributed by atoms with van der Waals surface area (Å²) >= 11 is 0. The van der Waals surface area contributed by atoms with E-state index >= 15 is 0 Å². The second-order valence-corrected chi connectivity index (χ2v) is 4.90. The van der Waals surface area contributed by atoms with Crippen molar-refractivity contribution < 1.29 is 9.90 Å². The largest absolute Gasteiger partial charge is 0.508 e. The van der Waals surface area contributed by atoms with Crippen LogP contribution in [0.4, 0.5) is 0 Å². The molecule has 4 heteroatoms. The minimum absolute atomic E-state index is 0.00398. The molecule has 0 aliphatic rings. The van der Waals surface area contributed by atoms with Gasteiger partial charge >= 0.3 is 0 Å². The van der Waals surface area contributed by atoms with Gasteiger partial charge in [-0.3, -0.25) is 4.79 Å². The molecule has 100 valence electrons. The van der Waals surface area contributed by atoms with E-state index < -0.39 is 0 Å². The Bertz CT molecular complexity index is 391. The van der Waals surface area contributed by atoms with Crippen molar-refractivity contribution in [3.8, 4) is 5.75 Å². The lowest BCUT2D eigenvalue weighted by molar-refractivity contribution is -0.120. The van der Waals surface area contributed by atoms with E-state index in [4.69, 9.17) is 0 Å². The molecule has 0 aliphatic carbocycles. The zero-order valence-electron chi connectivity index (χ0n) is 11.2. The van der Waals surface area contributed by atoms with E-state index in [-0.39, 0.29) is 24.2 Å². The molecule has 1 aromatic rings. The first-order valence-corrected chi connectivity index (χ1v) is 6.28. The van der Waals surface area contributed by atoms with Crippen LogP contribution in [0.25, 0.3) is 0 Å². The standard InChI is InChI=1S/C14H22N2O2/c1-10(2)8-16-14(18)9-15-11(3)12-5-4-6-13(17)7-12/h4-7,10-11,15,17H,8-9H2,1-3H3,(H,16,18). The molecule has 1 rings (SSSR count). The molecule has 0 heterocycles. The lowest BCUT2D eigenvalue weighted by Crippen LogP contribution is -2.36. The number of carbonyl (C=O) groups excluding carboxylic acids is 1. The summed E-state index contributed by atoms with van der Waals surface area (Å²) in [5.41, 5.74) is 0.964. The van der Waals surface area contributed by atoms with Crippen molar-refractivity contribution in [3.63, 3.8) is 0 Å². The summed E-state index contributed by atoms with van der Waals surface area (Å²) < 4.78 is 0. The third kappa shape index (κ3) is 5.19. The maximum Gasteiger partial charge on any atom is 0.233 e. The number of amides is 1. The summed E-state index contributed by atoms with van der Waals surface area (Å²) in [5.74, 6) is 0.693. The molecule has 0 spiro atoms. The first-order chi connectivity index (χ1) is 8.49. The van der Waals surface area contributed by atoms with Gasteiger partial charge in [-0.25, -0.2) is 0 Å². The minimum atomic E-state index is -0.00398. The average molecular weight is 250 g/mol. The number of carbonyl (C=O) groups is 1. The molecule has 1 unspecified atom stereocenters. The number of nitrogens with one attached hydrogen (secondary N) is 2. The van der Waals surface area contributed by atoms with Crippen LogP contribution >= 0.6 is 0 Å². The van der Waals surface area contributed by atoms with E-state index in [0.717, 1.165) is 5.56 Å². The highest BCUT2D eigenvalue weighted by atomic mass is 16.3. The molecule has 1 atom stereocenters. The van der Waals surface area contributed by atoms with Crippen molar-refractivity contribution in [1.29, 1.82) is 0 Å². The van der Waals surface area contributed by atoms with Gasteiger partial charge in [0.2, 0.25) is 5.91 Å². The lowest BCUT2D eigenvalue weighted by Gasteiger charge is -2.15. The second kappa shape index (κ2) is 7.01. The van der Waals surface area contributed by atoms with Crippen LogP contribution in [0.2, 0.25) is 0 Å². The van der Waals surface area contributed by atoms with Crippen molar-refractivity contribution in [3.05, 3.63) is 29.8 Å². The lowest BCUT2D eigenvalue weighted by atomic mass is 10.1. The molecule has 0 aromatic heterocycles. The number of hydrogen-bond acceptors (Lipinski definition) is 3. The van der Waals surface area contributed by atoms with Crippen molar-refractivity contribution >= 4 is 5.91 Å². The number of rotatable bonds is 6. The van der Waals surface area contributed by atoms with Crippen molar-refractivity contribution in [2.45, 2.75) is 26.8 Å². The predicted molar refractivity (Wildman–Crippen MR) is 72.4 cm³/mol. The van der Waals surface area contributed by atoms with Crippen LogP contribution in [-0.4, -0.2) is 24.1 Å². The number of aromatic hydroxyl groups is 1. The highest BCUT2D eigenvalue weighted by molar-refractivity contribution is 5.78. The Morgan fingerprint density at radius 2 is 2.06 bits per heavy atom. The number of phenolic OH excluding ortho intramolecular Hbond substituents is 1. The third-order valence-corrected chi connectivity index (χ3v) is 2.65. The summed E-state index contributed by atoms with van der Waals surface area (Å²) in [6.45, 7) is 7.06. The quantitative estimate of drug-likeness (QED) is 0.721. The van der Waals surface area contributed by atoms with Crippen LogP contribution in [0, 0.1) is 5.92 Å². The van der Waals surface area contributed by atoms with Gasteiger partial charge in [0.25, 0.3) is 0 Å². The van der Waals surface area contributed by atoms with Crippen molar-refractivity contribution in [2.75, 3.05) is 13.1 Å². The van der Waals surface area contributed by atoms with Crippen LogP contribution in [-0.2, 0) is 4.79 Å². The number of phenols is 1. The summed E-state index contributed by atoms with van der Waals surface area (Å²) in [6, 6.07) is 7.07. The predicted octanol–water partition coefficient (Wildman–Crippen LogP) is 1.81. The van der Waals surface area contributed by atoms with Crippen LogP contribution in [0.15, 0.2) is 24.3 Å². The Labute approximate surface area is 108 Å². The highest BCUT2D eigenvalue weighted by Crippen LogP contribution is 2.17. The van der Waals surface area contributed by atoms with Crippen molar-refractivity contribution in [1.82, 2.24) is 10.6 Å². The van der Waals surface area contributed by atoms with Crippen LogP contribution in [0.1, 0.15) is 32.4 Å².